The van der Waals surface area contributed by atoms with E-state index in [0.717, 1.165) is 23.9 Å². The van der Waals surface area contributed by atoms with Crippen molar-refractivity contribution in [3.05, 3.63) is 78.4 Å². The van der Waals surface area contributed by atoms with Crippen LogP contribution in [0.4, 0.5) is 0 Å². The van der Waals surface area contributed by atoms with Gasteiger partial charge in [0, 0.05) is 0 Å². The molecule has 19 heavy (non-hydrogen) atoms. The molecule has 2 aromatic rings. The molecule has 0 spiro atoms. The van der Waals surface area contributed by atoms with Gasteiger partial charge in [-0.3, -0.25) is 0 Å². The van der Waals surface area contributed by atoms with Gasteiger partial charge in [0.15, 0.2) is 0 Å². The molecule has 98 valence electrons. The van der Waals surface area contributed by atoms with Gasteiger partial charge >= 0.3 is 121 Å². The Kier molecular flexibility index (Phi) is 6.28. The van der Waals surface area contributed by atoms with Crippen LogP contribution in [-0.4, -0.2) is 15.3 Å². The Morgan fingerprint density at radius 2 is 1.53 bits per heavy atom. The predicted molar refractivity (Wildman–Crippen MR) is 81.5 cm³/mol. The Morgan fingerprint density at radius 3 is 2.26 bits per heavy atom. The standard InChI is InChI=1S/C17H18OSe/c1-4-10-16(11-5-1)12-6-3-9-15-19-18-17-13-7-2-8-14-17/h1-5,7-11,13-14H,6,12,15H2/b9-3+. The van der Waals surface area contributed by atoms with Crippen molar-refractivity contribution in [2.75, 3.05) is 0 Å². The first-order valence-electron chi connectivity index (χ1n) is 6.48. The number of para-hydroxylation sites is 1. The third-order valence-corrected chi connectivity index (χ3v) is 4.01. The van der Waals surface area contributed by atoms with E-state index in [0.29, 0.717) is 0 Å². The maximum atomic E-state index is 5.68. The van der Waals surface area contributed by atoms with Crippen molar-refractivity contribution in [1.29, 1.82) is 0 Å². The van der Waals surface area contributed by atoms with E-state index in [2.05, 4.69) is 42.5 Å². The van der Waals surface area contributed by atoms with Crippen LogP contribution in [0.2, 0.25) is 5.32 Å². The molecule has 2 heteroatoms. The van der Waals surface area contributed by atoms with E-state index in [9.17, 15) is 0 Å². The zero-order valence-corrected chi connectivity index (χ0v) is 12.6. The molecule has 0 aliphatic rings. The molecule has 0 atom stereocenters. The fraction of sp³-hybridized carbons (Fsp3) is 0.176. The molecule has 0 heterocycles. The number of aryl methyl sites for hydroxylation is 1. The quantitative estimate of drug-likeness (QED) is 0.420. The summed E-state index contributed by atoms with van der Waals surface area (Å²) >= 11 is 0.199. The van der Waals surface area contributed by atoms with Gasteiger partial charge in [-0.1, -0.05) is 0 Å². The topological polar surface area (TPSA) is 9.23 Å². The average molecular weight is 317 g/mol. The number of rotatable bonds is 7. The summed E-state index contributed by atoms with van der Waals surface area (Å²) in [5.74, 6) is 0.972. The minimum atomic E-state index is 0.199. The SMILES string of the molecule is C(=C\C[Se]Oc1ccccc1)/CCc1ccccc1. The summed E-state index contributed by atoms with van der Waals surface area (Å²) in [5, 5.41) is 1.02. The molecule has 0 N–H and O–H groups in total. The first-order valence-corrected chi connectivity index (χ1v) is 8.39. The van der Waals surface area contributed by atoms with Crippen molar-refractivity contribution in [3.8, 4) is 5.75 Å². The second-order valence-electron chi connectivity index (χ2n) is 4.18. The third kappa shape index (κ3) is 5.78. The van der Waals surface area contributed by atoms with Gasteiger partial charge in [0.05, 0.1) is 0 Å². The van der Waals surface area contributed by atoms with E-state index < -0.39 is 0 Å². The molecule has 0 saturated heterocycles. The first kappa shape index (κ1) is 13.9. The summed E-state index contributed by atoms with van der Waals surface area (Å²) in [6.07, 6.45) is 6.70. The van der Waals surface area contributed by atoms with Crippen LogP contribution in [0.1, 0.15) is 12.0 Å². The van der Waals surface area contributed by atoms with E-state index in [-0.39, 0.29) is 15.3 Å². The molecule has 0 aromatic heterocycles. The van der Waals surface area contributed by atoms with Crippen molar-refractivity contribution in [1.82, 2.24) is 0 Å². The van der Waals surface area contributed by atoms with Crippen molar-refractivity contribution in [2.24, 2.45) is 0 Å². The third-order valence-electron chi connectivity index (χ3n) is 2.67. The summed E-state index contributed by atoms with van der Waals surface area (Å²) in [7, 11) is 0. The van der Waals surface area contributed by atoms with Crippen molar-refractivity contribution < 1.29 is 3.82 Å². The molecule has 1 nitrogen and oxygen atoms in total. The number of hydrogen-bond donors (Lipinski definition) is 0. The number of allylic oxidation sites excluding steroid dienone is 2. The molecule has 0 radical (unpaired) electrons. The van der Waals surface area contributed by atoms with Gasteiger partial charge in [-0.25, -0.2) is 0 Å². The zero-order chi connectivity index (χ0) is 13.2. The second kappa shape index (κ2) is 8.58. The first-order chi connectivity index (χ1) is 9.45. The Morgan fingerprint density at radius 1 is 0.842 bits per heavy atom. The van der Waals surface area contributed by atoms with Gasteiger partial charge in [0.25, 0.3) is 0 Å². The maximum absolute atomic E-state index is 5.68. The van der Waals surface area contributed by atoms with Gasteiger partial charge in [-0.15, -0.1) is 0 Å². The van der Waals surface area contributed by atoms with Crippen LogP contribution >= 0.6 is 0 Å². The van der Waals surface area contributed by atoms with Crippen LogP contribution in [0, 0.1) is 0 Å². The van der Waals surface area contributed by atoms with Crippen molar-refractivity contribution in [3.63, 3.8) is 0 Å². The van der Waals surface area contributed by atoms with Crippen LogP contribution < -0.4 is 3.82 Å². The van der Waals surface area contributed by atoms with Crippen LogP contribution in [0.3, 0.4) is 0 Å². The molecule has 2 rings (SSSR count). The number of benzene rings is 2. The second-order valence-corrected chi connectivity index (χ2v) is 5.72. The molecule has 0 unspecified atom stereocenters. The van der Waals surface area contributed by atoms with Gasteiger partial charge in [0.1, 0.15) is 0 Å². The van der Waals surface area contributed by atoms with Crippen LogP contribution in [-0.2, 0) is 6.42 Å². The Bertz CT molecular complexity index is 479. The molecular weight excluding hydrogens is 299 g/mol. The molecule has 0 saturated carbocycles. The molecule has 0 aliphatic carbocycles. The molecule has 0 amide bonds. The molecule has 0 bridgehead atoms. The van der Waals surface area contributed by atoms with Gasteiger partial charge < -0.3 is 0 Å². The summed E-state index contributed by atoms with van der Waals surface area (Å²) in [6, 6.07) is 20.6. The fourth-order valence-electron chi connectivity index (χ4n) is 1.70. The fourth-order valence-corrected chi connectivity index (χ4v) is 2.81. The molecule has 0 fully saturated rings. The summed E-state index contributed by atoms with van der Waals surface area (Å²) in [6.45, 7) is 0. The van der Waals surface area contributed by atoms with Gasteiger partial charge in [0.2, 0.25) is 0 Å². The average Bonchev–Trinajstić information content (AvgIpc) is 2.48. The summed E-state index contributed by atoms with van der Waals surface area (Å²) in [5.41, 5.74) is 1.40. The Labute approximate surface area is 121 Å². The Balaban J connectivity index is 1.57. The summed E-state index contributed by atoms with van der Waals surface area (Å²) in [4.78, 5) is 0. The summed E-state index contributed by atoms with van der Waals surface area (Å²) < 4.78 is 5.68. The van der Waals surface area contributed by atoms with Gasteiger partial charge in [-0.05, 0) is 0 Å². The molecular formula is C17H18OSe. The van der Waals surface area contributed by atoms with E-state index in [1.807, 2.05) is 30.3 Å². The van der Waals surface area contributed by atoms with Gasteiger partial charge in [-0.2, -0.15) is 0 Å². The minimum absolute atomic E-state index is 0.199. The predicted octanol–water partition coefficient (Wildman–Crippen LogP) is 4.29. The number of hydrogen-bond acceptors (Lipinski definition) is 1. The van der Waals surface area contributed by atoms with Crippen molar-refractivity contribution in [2.45, 2.75) is 18.2 Å². The molecule has 2 aromatic carbocycles. The monoisotopic (exact) mass is 318 g/mol. The molecule has 0 aliphatic heterocycles. The van der Waals surface area contributed by atoms with E-state index in [1.165, 1.54) is 5.56 Å². The van der Waals surface area contributed by atoms with Crippen molar-refractivity contribution >= 4 is 15.3 Å². The normalized spacial score (nSPS) is 10.7. The Hall–Kier alpha value is -1.50. The van der Waals surface area contributed by atoms with Crippen LogP contribution in [0.5, 0.6) is 5.75 Å². The van der Waals surface area contributed by atoms with E-state index >= 15 is 0 Å². The van der Waals surface area contributed by atoms with E-state index in [1.54, 1.807) is 0 Å². The zero-order valence-electron chi connectivity index (χ0n) is 10.9. The van der Waals surface area contributed by atoms with E-state index in [4.69, 9.17) is 3.82 Å². The van der Waals surface area contributed by atoms with Crippen LogP contribution in [0.15, 0.2) is 72.8 Å². The van der Waals surface area contributed by atoms with Crippen LogP contribution in [0.25, 0.3) is 0 Å².